The van der Waals surface area contributed by atoms with Gasteiger partial charge >= 0.3 is 0 Å². The van der Waals surface area contributed by atoms with Crippen LogP contribution in [0.5, 0.6) is 5.75 Å². The van der Waals surface area contributed by atoms with Crippen LogP contribution < -0.4 is 20.7 Å². The first kappa shape index (κ1) is 18.3. The second-order valence-corrected chi connectivity index (χ2v) is 5.31. The first-order valence-electron chi connectivity index (χ1n) is 8.27. The summed E-state index contributed by atoms with van der Waals surface area (Å²) < 4.78 is 5.51. The third-order valence-electron chi connectivity index (χ3n) is 3.40. The standard InChI is InChI=1S/C19H23N3O3/c1-3-18(23)21-14-9-11-15(12-10-14)22-19(24)13-20-16-7-5-6-8-17(16)25-4-2/h5-12,20H,3-4,13H2,1-2H3,(H,21,23)(H,22,24). The number of nitrogens with one attached hydrogen (secondary N) is 3. The van der Waals surface area contributed by atoms with Crippen LogP contribution in [0.1, 0.15) is 20.3 Å². The number of amides is 2. The van der Waals surface area contributed by atoms with Crippen molar-refractivity contribution in [3.63, 3.8) is 0 Å². The Kier molecular flexibility index (Phi) is 6.83. The average Bonchev–Trinajstić information content (AvgIpc) is 2.63. The SMILES string of the molecule is CCOc1ccccc1NCC(=O)Nc1ccc(NC(=O)CC)cc1. The first-order chi connectivity index (χ1) is 12.1. The number of rotatable bonds is 8. The molecule has 0 atom stereocenters. The fraction of sp³-hybridized carbons (Fsp3) is 0.263. The number of carbonyl (C=O) groups excluding carboxylic acids is 2. The quantitative estimate of drug-likeness (QED) is 0.687. The van der Waals surface area contributed by atoms with Crippen molar-refractivity contribution in [1.82, 2.24) is 0 Å². The highest BCUT2D eigenvalue weighted by Crippen LogP contribution is 2.23. The van der Waals surface area contributed by atoms with E-state index in [2.05, 4.69) is 16.0 Å². The molecule has 0 fully saturated rings. The second-order valence-electron chi connectivity index (χ2n) is 5.31. The summed E-state index contributed by atoms with van der Waals surface area (Å²) in [5, 5.41) is 8.63. The van der Waals surface area contributed by atoms with Crippen LogP contribution in [0.2, 0.25) is 0 Å². The van der Waals surface area contributed by atoms with Crippen molar-refractivity contribution in [2.75, 3.05) is 29.1 Å². The molecule has 6 heteroatoms. The molecule has 2 aromatic rings. The van der Waals surface area contributed by atoms with Gasteiger partial charge in [0.2, 0.25) is 11.8 Å². The Hall–Kier alpha value is -3.02. The lowest BCUT2D eigenvalue weighted by molar-refractivity contribution is -0.116. The fourth-order valence-corrected chi connectivity index (χ4v) is 2.16. The van der Waals surface area contributed by atoms with Gasteiger partial charge in [-0.15, -0.1) is 0 Å². The van der Waals surface area contributed by atoms with Gasteiger partial charge < -0.3 is 20.7 Å². The van der Waals surface area contributed by atoms with Gasteiger partial charge in [0, 0.05) is 17.8 Å². The second kappa shape index (κ2) is 9.32. The van der Waals surface area contributed by atoms with E-state index in [9.17, 15) is 9.59 Å². The molecular weight excluding hydrogens is 318 g/mol. The Balaban J connectivity index is 1.87. The van der Waals surface area contributed by atoms with Crippen molar-refractivity contribution in [3.8, 4) is 5.75 Å². The lowest BCUT2D eigenvalue weighted by atomic mass is 10.2. The Morgan fingerprint density at radius 1 is 0.880 bits per heavy atom. The van der Waals surface area contributed by atoms with Crippen molar-refractivity contribution in [3.05, 3.63) is 48.5 Å². The molecule has 3 N–H and O–H groups in total. The van der Waals surface area contributed by atoms with Crippen LogP contribution in [0.3, 0.4) is 0 Å². The Labute approximate surface area is 147 Å². The van der Waals surface area contributed by atoms with E-state index in [4.69, 9.17) is 4.74 Å². The van der Waals surface area contributed by atoms with E-state index in [1.165, 1.54) is 0 Å². The van der Waals surface area contributed by atoms with Crippen LogP contribution in [0.15, 0.2) is 48.5 Å². The summed E-state index contributed by atoms with van der Waals surface area (Å²) in [5.41, 5.74) is 2.14. The molecule has 0 heterocycles. The molecule has 0 unspecified atom stereocenters. The van der Waals surface area contributed by atoms with E-state index in [0.29, 0.717) is 30.2 Å². The Morgan fingerprint density at radius 2 is 1.48 bits per heavy atom. The molecule has 0 saturated carbocycles. The maximum absolute atomic E-state index is 12.1. The lowest BCUT2D eigenvalue weighted by Gasteiger charge is -2.12. The van der Waals surface area contributed by atoms with Gasteiger partial charge in [-0.25, -0.2) is 0 Å². The molecule has 0 radical (unpaired) electrons. The highest BCUT2D eigenvalue weighted by molar-refractivity contribution is 5.95. The molecule has 0 bridgehead atoms. The van der Waals surface area contributed by atoms with E-state index in [-0.39, 0.29) is 18.4 Å². The van der Waals surface area contributed by atoms with Crippen LogP contribution in [0.25, 0.3) is 0 Å². The minimum atomic E-state index is -0.170. The summed E-state index contributed by atoms with van der Waals surface area (Å²) >= 11 is 0. The van der Waals surface area contributed by atoms with Gasteiger partial charge in [0.25, 0.3) is 0 Å². The minimum Gasteiger partial charge on any atom is -0.492 e. The molecule has 0 aromatic heterocycles. The molecule has 2 rings (SSSR count). The molecule has 0 saturated heterocycles. The first-order valence-corrected chi connectivity index (χ1v) is 8.27. The number of para-hydroxylation sites is 2. The number of carbonyl (C=O) groups is 2. The van der Waals surface area contributed by atoms with Crippen LogP contribution in [0.4, 0.5) is 17.1 Å². The Bertz CT molecular complexity index is 714. The van der Waals surface area contributed by atoms with Crippen LogP contribution >= 0.6 is 0 Å². The smallest absolute Gasteiger partial charge is 0.243 e. The highest BCUT2D eigenvalue weighted by atomic mass is 16.5. The summed E-state index contributed by atoms with van der Waals surface area (Å²) in [5.74, 6) is 0.499. The molecular formula is C19H23N3O3. The van der Waals surface area contributed by atoms with Crippen LogP contribution in [0, 0.1) is 0 Å². The van der Waals surface area contributed by atoms with Crippen molar-refractivity contribution in [2.45, 2.75) is 20.3 Å². The van der Waals surface area contributed by atoms with Crippen molar-refractivity contribution >= 4 is 28.9 Å². The van der Waals surface area contributed by atoms with E-state index in [0.717, 1.165) is 5.69 Å². The third kappa shape index (κ3) is 5.84. The molecule has 0 aliphatic heterocycles. The molecule has 2 amide bonds. The number of hydrogen-bond acceptors (Lipinski definition) is 4. The summed E-state index contributed by atoms with van der Waals surface area (Å²) in [4.78, 5) is 23.4. The van der Waals surface area contributed by atoms with Crippen LogP contribution in [-0.4, -0.2) is 25.0 Å². The van der Waals surface area contributed by atoms with Gasteiger partial charge in [-0.05, 0) is 43.3 Å². The van der Waals surface area contributed by atoms with Crippen molar-refractivity contribution in [1.29, 1.82) is 0 Å². The van der Waals surface area contributed by atoms with Crippen molar-refractivity contribution < 1.29 is 14.3 Å². The van der Waals surface area contributed by atoms with Gasteiger partial charge in [0.1, 0.15) is 5.75 Å². The van der Waals surface area contributed by atoms with Crippen molar-refractivity contribution in [2.24, 2.45) is 0 Å². The summed E-state index contributed by atoms with van der Waals surface area (Å²) in [7, 11) is 0. The number of ether oxygens (including phenoxy) is 1. The van der Waals surface area contributed by atoms with Gasteiger partial charge in [-0.2, -0.15) is 0 Å². The lowest BCUT2D eigenvalue weighted by Crippen LogP contribution is -2.22. The molecule has 25 heavy (non-hydrogen) atoms. The maximum atomic E-state index is 12.1. The zero-order chi connectivity index (χ0) is 18.1. The monoisotopic (exact) mass is 341 g/mol. The Morgan fingerprint density at radius 3 is 2.08 bits per heavy atom. The zero-order valence-electron chi connectivity index (χ0n) is 14.5. The number of anilines is 3. The molecule has 0 aliphatic carbocycles. The van der Waals surface area contributed by atoms with E-state index in [1.54, 1.807) is 31.2 Å². The predicted molar refractivity (Wildman–Crippen MR) is 100 cm³/mol. The van der Waals surface area contributed by atoms with Gasteiger partial charge in [0.05, 0.1) is 18.8 Å². The molecule has 2 aromatic carbocycles. The van der Waals surface area contributed by atoms with E-state index in [1.807, 2.05) is 31.2 Å². The summed E-state index contributed by atoms with van der Waals surface area (Å²) in [6.45, 7) is 4.39. The topological polar surface area (TPSA) is 79.5 Å². The van der Waals surface area contributed by atoms with Crippen LogP contribution in [-0.2, 0) is 9.59 Å². The molecule has 6 nitrogen and oxygen atoms in total. The van der Waals surface area contributed by atoms with E-state index < -0.39 is 0 Å². The summed E-state index contributed by atoms with van der Waals surface area (Å²) in [6.07, 6.45) is 0.424. The maximum Gasteiger partial charge on any atom is 0.243 e. The fourth-order valence-electron chi connectivity index (χ4n) is 2.16. The minimum absolute atomic E-state index is 0.0473. The van der Waals surface area contributed by atoms with Gasteiger partial charge in [0.15, 0.2) is 0 Å². The average molecular weight is 341 g/mol. The van der Waals surface area contributed by atoms with Gasteiger partial charge in [-0.3, -0.25) is 9.59 Å². The molecule has 0 aliphatic rings. The molecule has 132 valence electrons. The highest BCUT2D eigenvalue weighted by Gasteiger charge is 2.06. The summed E-state index contributed by atoms with van der Waals surface area (Å²) in [6, 6.07) is 14.5. The van der Waals surface area contributed by atoms with Gasteiger partial charge in [-0.1, -0.05) is 19.1 Å². The predicted octanol–water partition coefficient (Wildman–Crippen LogP) is 3.48. The third-order valence-corrected chi connectivity index (χ3v) is 3.40. The van der Waals surface area contributed by atoms with E-state index >= 15 is 0 Å². The molecule has 0 spiro atoms. The zero-order valence-corrected chi connectivity index (χ0v) is 14.5. The number of hydrogen-bond donors (Lipinski definition) is 3. The normalized spacial score (nSPS) is 10.0. The largest absolute Gasteiger partial charge is 0.492 e. The number of benzene rings is 2.